The van der Waals surface area contributed by atoms with E-state index in [1.54, 1.807) is 36.3 Å². The molecule has 1 aromatic carbocycles. The smallest absolute Gasteiger partial charge is 0.178 e. The summed E-state index contributed by atoms with van der Waals surface area (Å²) in [4.78, 5) is 12.2. The van der Waals surface area contributed by atoms with E-state index in [1.165, 1.54) is 0 Å². The maximum absolute atomic E-state index is 14.4. The molecular formula is C19H20FN7. The monoisotopic (exact) mass is 365 g/mol. The minimum absolute atomic E-state index is 0.241. The number of hydrogen-bond acceptors (Lipinski definition) is 5. The molecule has 0 atom stereocenters. The number of halogens is 1. The zero-order chi connectivity index (χ0) is 18.8. The van der Waals surface area contributed by atoms with Gasteiger partial charge in [-0.15, -0.1) is 0 Å². The fraction of sp³-hybridized carbons (Fsp3) is 0.211. The Bertz CT molecular complexity index is 1080. The summed E-state index contributed by atoms with van der Waals surface area (Å²) in [5, 5.41) is 7.24. The van der Waals surface area contributed by atoms with E-state index in [0.717, 1.165) is 22.2 Å². The number of rotatable bonds is 6. The van der Waals surface area contributed by atoms with E-state index >= 15 is 0 Å². The molecule has 0 aliphatic heterocycles. The fourth-order valence-electron chi connectivity index (χ4n) is 3.08. The van der Waals surface area contributed by atoms with Gasteiger partial charge in [0.25, 0.3) is 0 Å². The van der Waals surface area contributed by atoms with Crippen molar-refractivity contribution < 1.29 is 4.39 Å². The van der Waals surface area contributed by atoms with E-state index in [2.05, 4.69) is 25.4 Å². The molecular weight excluding hydrogens is 345 g/mol. The molecule has 0 radical (unpaired) electrons. The highest BCUT2D eigenvalue weighted by Crippen LogP contribution is 2.29. The SMILES string of the molecule is CNCc1ccc(-c2ccnc3nc(-c4cnn(CCN)c4)[nH]c23)cc1F. The topological polar surface area (TPSA) is 97.4 Å². The van der Waals surface area contributed by atoms with Crippen LogP contribution in [0.25, 0.3) is 33.7 Å². The van der Waals surface area contributed by atoms with E-state index in [4.69, 9.17) is 5.73 Å². The van der Waals surface area contributed by atoms with Crippen molar-refractivity contribution in [2.24, 2.45) is 5.73 Å². The van der Waals surface area contributed by atoms with E-state index in [-0.39, 0.29) is 5.82 Å². The Kier molecular flexibility index (Phi) is 4.66. The molecule has 0 unspecified atom stereocenters. The minimum atomic E-state index is -0.241. The maximum Gasteiger partial charge on any atom is 0.178 e. The molecule has 4 aromatic rings. The van der Waals surface area contributed by atoms with Crippen LogP contribution < -0.4 is 11.1 Å². The first kappa shape index (κ1) is 17.3. The predicted molar refractivity (Wildman–Crippen MR) is 102 cm³/mol. The average Bonchev–Trinajstić information content (AvgIpc) is 3.30. The molecule has 0 spiro atoms. The van der Waals surface area contributed by atoms with Crippen LogP contribution in [0, 0.1) is 5.82 Å². The molecule has 8 heteroatoms. The Morgan fingerprint density at radius 2 is 2.15 bits per heavy atom. The molecule has 27 heavy (non-hydrogen) atoms. The second-order valence-corrected chi connectivity index (χ2v) is 6.26. The summed E-state index contributed by atoms with van der Waals surface area (Å²) in [7, 11) is 1.79. The van der Waals surface area contributed by atoms with Gasteiger partial charge in [0.15, 0.2) is 5.65 Å². The number of benzene rings is 1. The highest BCUT2D eigenvalue weighted by molar-refractivity contribution is 5.91. The third-order valence-corrected chi connectivity index (χ3v) is 4.39. The van der Waals surface area contributed by atoms with Crippen LogP contribution in [0.5, 0.6) is 0 Å². The number of H-pyrrole nitrogens is 1. The molecule has 0 aliphatic rings. The van der Waals surface area contributed by atoms with Gasteiger partial charge in [-0.25, -0.2) is 14.4 Å². The Balaban J connectivity index is 1.76. The molecule has 0 amide bonds. The lowest BCUT2D eigenvalue weighted by Gasteiger charge is -2.06. The number of nitrogens with two attached hydrogens (primary N) is 1. The van der Waals surface area contributed by atoms with Gasteiger partial charge in [0, 0.05) is 36.6 Å². The lowest BCUT2D eigenvalue weighted by Crippen LogP contribution is -2.09. The lowest BCUT2D eigenvalue weighted by atomic mass is 10.0. The van der Waals surface area contributed by atoms with Gasteiger partial charge in [0.1, 0.15) is 11.6 Å². The molecule has 4 rings (SSSR count). The first-order valence-corrected chi connectivity index (χ1v) is 8.70. The van der Waals surface area contributed by atoms with Crippen molar-refractivity contribution in [1.29, 1.82) is 0 Å². The van der Waals surface area contributed by atoms with Gasteiger partial charge in [-0.1, -0.05) is 12.1 Å². The molecule has 0 saturated carbocycles. The minimum Gasteiger partial charge on any atom is -0.336 e. The molecule has 0 bridgehead atoms. The Morgan fingerprint density at radius 3 is 2.93 bits per heavy atom. The number of aromatic amines is 1. The van der Waals surface area contributed by atoms with Gasteiger partial charge < -0.3 is 16.0 Å². The van der Waals surface area contributed by atoms with Crippen molar-refractivity contribution in [3.63, 3.8) is 0 Å². The van der Waals surface area contributed by atoms with Crippen molar-refractivity contribution in [2.45, 2.75) is 13.1 Å². The van der Waals surface area contributed by atoms with Crippen LogP contribution in [0.3, 0.4) is 0 Å². The van der Waals surface area contributed by atoms with Gasteiger partial charge in [0.2, 0.25) is 0 Å². The molecule has 0 saturated heterocycles. The molecule has 3 aromatic heterocycles. The van der Waals surface area contributed by atoms with Gasteiger partial charge in [-0.2, -0.15) is 5.10 Å². The standard InChI is InChI=1S/C19H20FN7/c1-22-9-13-3-2-12(8-16(13)20)15-4-6-23-19-17(15)25-18(26-19)14-10-24-27(11-14)7-5-21/h2-4,6,8,10-11,22H,5,7,9,21H2,1H3,(H,23,25,26). The molecule has 138 valence electrons. The van der Waals surface area contributed by atoms with Gasteiger partial charge in [0.05, 0.1) is 23.8 Å². The third kappa shape index (κ3) is 3.32. The first-order valence-electron chi connectivity index (χ1n) is 8.70. The van der Waals surface area contributed by atoms with Crippen LogP contribution in [0.15, 0.2) is 42.9 Å². The fourth-order valence-corrected chi connectivity index (χ4v) is 3.08. The zero-order valence-corrected chi connectivity index (χ0v) is 14.9. The molecule has 0 fully saturated rings. The molecule has 4 N–H and O–H groups in total. The second-order valence-electron chi connectivity index (χ2n) is 6.26. The maximum atomic E-state index is 14.4. The Morgan fingerprint density at radius 1 is 1.26 bits per heavy atom. The van der Waals surface area contributed by atoms with E-state index in [9.17, 15) is 4.39 Å². The quantitative estimate of drug-likeness (QED) is 0.487. The van der Waals surface area contributed by atoms with E-state index < -0.39 is 0 Å². The van der Waals surface area contributed by atoms with E-state index in [1.807, 2.05) is 18.3 Å². The van der Waals surface area contributed by atoms with Crippen molar-refractivity contribution in [3.05, 3.63) is 54.2 Å². The highest BCUT2D eigenvalue weighted by atomic mass is 19.1. The molecule has 3 heterocycles. The zero-order valence-electron chi connectivity index (χ0n) is 14.9. The van der Waals surface area contributed by atoms with Gasteiger partial charge in [-0.3, -0.25) is 4.68 Å². The average molecular weight is 365 g/mol. The van der Waals surface area contributed by atoms with Crippen LogP contribution in [-0.2, 0) is 13.1 Å². The summed E-state index contributed by atoms with van der Waals surface area (Å²) < 4.78 is 16.1. The van der Waals surface area contributed by atoms with E-state index in [0.29, 0.717) is 36.7 Å². The highest BCUT2D eigenvalue weighted by Gasteiger charge is 2.13. The second kappa shape index (κ2) is 7.26. The lowest BCUT2D eigenvalue weighted by molar-refractivity contribution is 0.601. The third-order valence-electron chi connectivity index (χ3n) is 4.39. The number of aromatic nitrogens is 5. The molecule has 7 nitrogen and oxygen atoms in total. The van der Waals surface area contributed by atoms with Crippen molar-refractivity contribution in [1.82, 2.24) is 30.0 Å². The number of imidazole rings is 1. The summed E-state index contributed by atoms with van der Waals surface area (Å²) in [6, 6.07) is 7.10. The van der Waals surface area contributed by atoms with Crippen LogP contribution in [-0.4, -0.2) is 38.3 Å². The predicted octanol–water partition coefficient (Wildman–Crippen LogP) is 2.31. The normalized spacial score (nSPS) is 11.4. The first-order chi connectivity index (χ1) is 13.2. The number of nitrogens with zero attached hydrogens (tertiary/aromatic N) is 4. The van der Waals surface area contributed by atoms with Gasteiger partial charge in [-0.05, 0) is 24.7 Å². The van der Waals surface area contributed by atoms with Crippen LogP contribution in [0.1, 0.15) is 5.56 Å². The number of fused-ring (bicyclic) bond motifs is 1. The van der Waals surface area contributed by atoms with Crippen LogP contribution >= 0.6 is 0 Å². The van der Waals surface area contributed by atoms with Crippen molar-refractivity contribution in [2.75, 3.05) is 13.6 Å². The number of nitrogens with one attached hydrogen (secondary N) is 2. The number of pyridine rings is 1. The van der Waals surface area contributed by atoms with Crippen molar-refractivity contribution in [3.8, 4) is 22.5 Å². The van der Waals surface area contributed by atoms with Crippen LogP contribution in [0.4, 0.5) is 4.39 Å². The largest absolute Gasteiger partial charge is 0.336 e. The summed E-state index contributed by atoms with van der Waals surface area (Å²) in [5.41, 5.74) is 10.0. The van der Waals surface area contributed by atoms with Gasteiger partial charge >= 0.3 is 0 Å². The Labute approximate surface area is 155 Å². The van der Waals surface area contributed by atoms with Crippen LogP contribution in [0.2, 0.25) is 0 Å². The molecule has 0 aliphatic carbocycles. The summed E-state index contributed by atoms with van der Waals surface area (Å²) >= 11 is 0. The summed E-state index contributed by atoms with van der Waals surface area (Å²) in [5.74, 6) is 0.426. The Hall–Kier alpha value is -3.10. The number of hydrogen-bond donors (Lipinski definition) is 3. The van der Waals surface area contributed by atoms with Crippen molar-refractivity contribution >= 4 is 11.2 Å². The summed E-state index contributed by atoms with van der Waals surface area (Å²) in [6.07, 6.45) is 5.30. The summed E-state index contributed by atoms with van der Waals surface area (Å²) in [6.45, 7) is 1.64.